The van der Waals surface area contributed by atoms with Crippen LogP contribution in [0.15, 0.2) is 48.0 Å². The van der Waals surface area contributed by atoms with Gasteiger partial charge in [-0.2, -0.15) is 0 Å². The highest BCUT2D eigenvalue weighted by molar-refractivity contribution is 5.93. The molecule has 1 saturated carbocycles. The third-order valence-corrected chi connectivity index (χ3v) is 7.72. The van der Waals surface area contributed by atoms with E-state index in [2.05, 4.69) is 26.0 Å². The Labute approximate surface area is 209 Å². The predicted octanol–water partition coefficient (Wildman–Crippen LogP) is 5.60. The molecule has 0 radical (unpaired) electrons. The maximum absolute atomic E-state index is 12.0. The molecule has 2 aromatic carbocycles. The van der Waals surface area contributed by atoms with Crippen LogP contribution in [-0.4, -0.2) is 30.7 Å². The van der Waals surface area contributed by atoms with Crippen LogP contribution in [0.25, 0.3) is 6.08 Å². The molecule has 1 amide bonds. The molecule has 5 nitrogen and oxygen atoms in total. The average molecular weight is 478 g/mol. The van der Waals surface area contributed by atoms with Crippen LogP contribution in [0.5, 0.6) is 0 Å². The molecule has 0 spiro atoms. The Bertz CT molecular complexity index is 1090. The van der Waals surface area contributed by atoms with Crippen molar-refractivity contribution in [1.29, 1.82) is 0 Å². The summed E-state index contributed by atoms with van der Waals surface area (Å²) in [4.78, 5) is 34.8. The van der Waals surface area contributed by atoms with E-state index in [0.29, 0.717) is 23.3 Å². The zero-order valence-electron chi connectivity index (χ0n) is 20.3. The SMILES string of the molecule is C.CC1(C)CCC2c3ccc(C=O)cc3CCC2C1C/C(C=O)=C\c1cccc(C(N)=O)c1.CO. The number of nitrogens with two attached hydrogens (primary N) is 1. The van der Waals surface area contributed by atoms with Gasteiger partial charge in [0.15, 0.2) is 0 Å². The molecule has 0 saturated heterocycles. The van der Waals surface area contributed by atoms with Crippen LogP contribution in [0.1, 0.15) is 90.3 Å². The first-order chi connectivity index (χ1) is 16.3. The van der Waals surface area contributed by atoms with E-state index in [9.17, 15) is 14.4 Å². The lowest BCUT2D eigenvalue weighted by Crippen LogP contribution is -2.41. The second-order valence-corrected chi connectivity index (χ2v) is 10.0. The molecule has 3 N–H and O–H groups in total. The number of carbonyl (C=O) groups is 3. The largest absolute Gasteiger partial charge is 0.400 e. The minimum atomic E-state index is -0.470. The normalized spacial score (nSPS) is 22.3. The van der Waals surface area contributed by atoms with Gasteiger partial charge in [-0.1, -0.05) is 45.5 Å². The van der Waals surface area contributed by atoms with Crippen LogP contribution in [0, 0.1) is 17.3 Å². The van der Waals surface area contributed by atoms with E-state index in [0.717, 1.165) is 68.5 Å². The zero-order chi connectivity index (χ0) is 24.9. The quantitative estimate of drug-likeness (QED) is 0.418. The van der Waals surface area contributed by atoms with Gasteiger partial charge >= 0.3 is 0 Å². The molecule has 0 heterocycles. The van der Waals surface area contributed by atoms with Crippen molar-refractivity contribution in [3.8, 4) is 0 Å². The van der Waals surface area contributed by atoms with Crippen LogP contribution in [0.3, 0.4) is 0 Å². The van der Waals surface area contributed by atoms with E-state index in [-0.39, 0.29) is 12.8 Å². The van der Waals surface area contributed by atoms with E-state index in [1.807, 2.05) is 18.2 Å². The summed E-state index contributed by atoms with van der Waals surface area (Å²) >= 11 is 0. The second kappa shape index (κ2) is 12.1. The van der Waals surface area contributed by atoms with Crippen molar-refractivity contribution in [2.45, 2.75) is 59.3 Å². The molecule has 5 heteroatoms. The molecule has 0 aliphatic heterocycles. The summed E-state index contributed by atoms with van der Waals surface area (Å²) in [7, 11) is 1.00. The lowest BCUT2D eigenvalue weighted by atomic mass is 9.54. The number of aryl methyl sites for hydroxylation is 1. The van der Waals surface area contributed by atoms with Gasteiger partial charge in [0.05, 0.1) is 0 Å². The number of amides is 1. The third-order valence-electron chi connectivity index (χ3n) is 7.72. The average Bonchev–Trinajstić information content (AvgIpc) is 2.85. The summed E-state index contributed by atoms with van der Waals surface area (Å²) in [5.41, 5.74) is 11.0. The van der Waals surface area contributed by atoms with E-state index >= 15 is 0 Å². The number of hydrogen-bond donors (Lipinski definition) is 2. The van der Waals surface area contributed by atoms with Crippen molar-refractivity contribution in [2.24, 2.45) is 23.0 Å². The number of fused-ring (bicyclic) bond motifs is 3. The van der Waals surface area contributed by atoms with E-state index < -0.39 is 5.91 Å². The van der Waals surface area contributed by atoms with Gasteiger partial charge in [-0.15, -0.1) is 0 Å². The van der Waals surface area contributed by atoms with Gasteiger partial charge in [0, 0.05) is 18.2 Å². The van der Waals surface area contributed by atoms with Gasteiger partial charge in [0.25, 0.3) is 0 Å². The van der Waals surface area contributed by atoms with Crippen molar-refractivity contribution < 1.29 is 19.5 Å². The molecule has 4 rings (SSSR count). The van der Waals surface area contributed by atoms with Crippen LogP contribution in [0.4, 0.5) is 0 Å². The van der Waals surface area contributed by atoms with Gasteiger partial charge in [-0.05, 0) is 102 Å². The highest BCUT2D eigenvalue weighted by atomic mass is 16.2. The Balaban J connectivity index is 0.00000140. The standard InChI is InChI=1S/C28H31NO3.CH4O.CH4/c1-28(2)11-10-24-23-8-6-19(16-30)14-21(23)7-9-25(24)26(28)15-20(17-31)12-18-4-3-5-22(13-18)27(29)32;1-2;/h3-6,8,12-14,16-17,24-26H,7,9-11,15H2,1-2H3,(H2,29,32);2H,1H3;1H4/b20-12+;;. The fraction of sp³-hybridized carbons (Fsp3) is 0.433. The molecular formula is C30H39NO4. The summed E-state index contributed by atoms with van der Waals surface area (Å²) in [6.07, 6.45) is 8.81. The number of benzene rings is 2. The fourth-order valence-corrected chi connectivity index (χ4v) is 5.99. The number of primary amides is 1. The van der Waals surface area contributed by atoms with Gasteiger partial charge in [-0.3, -0.25) is 14.4 Å². The van der Waals surface area contributed by atoms with Crippen molar-refractivity contribution in [1.82, 2.24) is 0 Å². The Morgan fingerprint density at radius 1 is 1.09 bits per heavy atom. The predicted molar refractivity (Wildman–Crippen MR) is 141 cm³/mol. The molecule has 2 aliphatic rings. The molecule has 3 atom stereocenters. The summed E-state index contributed by atoms with van der Waals surface area (Å²) < 4.78 is 0. The molecule has 2 aromatic rings. The number of aldehydes is 2. The van der Waals surface area contributed by atoms with E-state index in [1.54, 1.807) is 18.2 Å². The number of rotatable bonds is 6. The van der Waals surface area contributed by atoms with Crippen LogP contribution in [-0.2, 0) is 11.2 Å². The molecule has 0 aromatic heterocycles. The van der Waals surface area contributed by atoms with Crippen molar-refractivity contribution in [3.05, 3.63) is 75.9 Å². The molecule has 0 bridgehead atoms. The third kappa shape index (κ3) is 6.15. The smallest absolute Gasteiger partial charge is 0.248 e. The van der Waals surface area contributed by atoms with Crippen LogP contribution < -0.4 is 5.73 Å². The van der Waals surface area contributed by atoms with E-state index in [4.69, 9.17) is 10.8 Å². The van der Waals surface area contributed by atoms with Crippen molar-refractivity contribution in [2.75, 3.05) is 7.11 Å². The molecular weight excluding hydrogens is 438 g/mol. The Morgan fingerprint density at radius 2 is 1.83 bits per heavy atom. The molecule has 35 heavy (non-hydrogen) atoms. The summed E-state index contributed by atoms with van der Waals surface area (Å²) in [6, 6.07) is 13.2. The lowest BCUT2D eigenvalue weighted by molar-refractivity contribution is -0.105. The first-order valence-electron chi connectivity index (χ1n) is 11.9. The topological polar surface area (TPSA) is 97.5 Å². The Kier molecular flexibility index (Phi) is 9.73. The highest BCUT2D eigenvalue weighted by Crippen LogP contribution is 2.56. The zero-order valence-corrected chi connectivity index (χ0v) is 20.3. The van der Waals surface area contributed by atoms with Gasteiger partial charge in [-0.25, -0.2) is 0 Å². The van der Waals surface area contributed by atoms with Gasteiger partial charge < -0.3 is 10.8 Å². The molecule has 3 unspecified atom stereocenters. The van der Waals surface area contributed by atoms with Crippen LogP contribution >= 0.6 is 0 Å². The number of hydrogen-bond acceptors (Lipinski definition) is 4. The fourth-order valence-electron chi connectivity index (χ4n) is 5.99. The Hall–Kier alpha value is -3.05. The number of aliphatic hydroxyl groups is 1. The molecule has 2 aliphatic carbocycles. The summed E-state index contributed by atoms with van der Waals surface area (Å²) in [5.74, 6) is 0.899. The molecule has 1 fully saturated rings. The van der Waals surface area contributed by atoms with E-state index in [1.165, 1.54) is 11.1 Å². The molecule has 188 valence electrons. The monoisotopic (exact) mass is 477 g/mol. The number of carbonyl (C=O) groups excluding carboxylic acids is 3. The minimum absolute atomic E-state index is 0. The Morgan fingerprint density at radius 3 is 2.49 bits per heavy atom. The highest BCUT2D eigenvalue weighted by Gasteiger charge is 2.46. The maximum atomic E-state index is 12.0. The first-order valence-corrected chi connectivity index (χ1v) is 11.9. The van der Waals surface area contributed by atoms with Crippen LogP contribution in [0.2, 0.25) is 0 Å². The summed E-state index contributed by atoms with van der Waals surface area (Å²) in [6.45, 7) is 4.66. The minimum Gasteiger partial charge on any atom is -0.400 e. The number of allylic oxidation sites excluding steroid dienone is 1. The van der Waals surface area contributed by atoms with Gasteiger partial charge in [0.2, 0.25) is 5.91 Å². The van der Waals surface area contributed by atoms with Crippen molar-refractivity contribution >= 4 is 24.6 Å². The first kappa shape index (κ1) is 28.2. The summed E-state index contributed by atoms with van der Waals surface area (Å²) in [5, 5.41) is 7.00. The maximum Gasteiger partial charge on any atom is 0.248 e. The van der Waals surface area contributed by atoms with Crippen molar-refractivity contribution in [3.63, 3.8) is 0 Å². The van der Waals surface area contributed by atoms with Gasteiger partial charge in [0.1, 0.15) is 12.6 Å². The second-order valence-electron chi connectivity index (χ2n) is 10.0. The lowest BCUT2D eigenvalue weighted by Gasteiger charge is -2.51. The number of aliphatic hydroxyl groups excluding tert-OH is 1.